The Labute approximate surface area is 92.2 Å². The Balaban J connectivity index is 2.45. The first-order chi connectivity index (χ1) is 7.62. The first kappa shape index (κ1) is 11.1. The minimum absolute atomic E-state index is 0.481. The maximum atomic E-state index is 11.2. The number of aliphatic hydroxyl groups is 2. The summed E-state index contributed by atoms with van der Waals surface area (Å²) in [6.45, 7) is 0. The SMILES string of the molecule is CO[C@@]1(c2ccccc2)OC(=O)[C@@H](O)[C@H]1O. The Morgan fingerprint density at radius 3 is 2.38 bits per heavy atom. The quantitative estimate of drug-likeness (QED) is 0.678. The number of carbonyl (C=O) groups excluding carboxylic acids is 1. The van der Waals surface area contributed by atoms with Crippen LogP contribution in [0.4, 0.5) is 0 Å². The molecule has 1 aromatic rings. The summed E-state index contributed by atoms with van der Waals surface area (Å²) in [5.74, 6) is -2.50. The number of hydrogen-bond donors (Lipinski definition) is 2. The third kappa shape index (κ3) is 1.41. The van der Waals surface area contributed by atoms with E-state index in [0.29, 0.717) is 5.56 Å². The van der Waals surface area contributed by atoms with E-state index in [-0.39, 0.29) is 0 Å². The van der Waals surface area contributed by atoms with Crippen LogP contribution in [0.15, 0.2) is 30.3 Å². The monoisotopic (exact) mass is 224 g/mol. The smallest absolute Gasteiger partial charge is 0.340 e. The molecule has 1 heterocycles. The van der Waals surface area contributed by atoms with Crippen molar-refractivity contribution in [2.45, 2.75) is 18.0 Å². The molecule has 1 aliphatic heterocycles. The van der Waals surface area contributed by atoms with E-state index in [9.17, 15) is 15.0 Å². The van der Waals surface area contributed by atoms with Crippen molar-refractivity contribution >= 4 is 5.97 Å². The van der Waals surface area contributed by atoms with Gasteiger partial charge in [-0.25, -0.2) is 4.79 Å². The van der Waals surface area contributed by atoms with E-state index in [0.717, 1.165) is 0 Å². The summed E-state index contributed by atoms with van der Waals surface area (Å²) in [6, 6.07) is 8.53. The van der Waals surface area contributed by atoms with Crippen LogP contribution < -0.4 is 0 Å². The molecule has 2 N–H and O–H groups in total. The molecule has 5 heteroatoms. The molecule has 0 saturated carbocycles. The molecule has 1 fully saturated rings. The molecule has 0 radical (unpaired) electrons. The van der Waals surface area contributed by atoms with Crippen LogP contribution in [0.5, 0.6) is 0 Å². The predicted octanol–water partition coefficient (Wildman–Crippen LogP) is -0.236. The zero-order chi connectivity index (χ0) is 11.8. The molecular weight excluding hydrogens is 212 g/mol. The lowest BCUT2D eigenvalue weighted by Gasteiger charge is -2.29. The van der Waals surface area contributed by atoms with E-state index in [2.05, 4.69) is 0 Å². The van der Waals surface area contributed by atoms with Crippen molar-refractivity contribution in [1.82, 2.24) is 0 Å². The van der Waals surface area contributed by atoms with Crippen molar-refractivity contribution in [1.29, 1.82) is 0 Å². The van der Waals surface area contributed by atoms with Crippen LogP contribution in [0.2, 0.25) is 0 Å². The molecular formula is C11H12O5. The van der Waals surface area contributed by atoms with Crippen molar-refractivity contribution in [2.75, 3.05) is 7.11 Å². The summed E-state index contributed by atoms with van der Waals surface area (Å²) in [4.78, 5) is 11.2. The van der Waals surface area contributed by atoms with Gasteiger partial charge in [0, 0.05) is 12.7 Å². The van der Waals surface area contributed by atoms with Crippen molar-refractivity contribution < 1.29 is 24.5 Å². The van der Waals surface area contributed by atoms with Gasteiger partial charge < -0.3 is 19.7 Å². The highest BCUT2D eigenvalue weighted by Crippen LogP contribution is 2.37. The number of esters is 1. The summed E-state index contributed by atoms with van der Waals surface area (Å²) in [6.07, 6.45) is -3.02. The number of aliphatic hydroxyl groups excluding tert-OH is 2. The maximum Gasteiger partial charge on any atom is 0.340 e. The molecule has 2 rings (SSSR count). The number of carbonyl (C=O) groups is 1. The van der Waals surface area contributed by atoms with Crippen LogP contribution in [0, 0.1) is 0 Å². The predicted molar refractivity (Wildman–Crippen MR) is 53.2 cm³/mol. The summed E-state index contributed by atoms with van der Waals surface area (Å²) >= 11 is 0. The van der Waals surface area contributed by atoms with Gasteiger partial charge in [-0.15, -0.1) is 0 Å². The van der Waals surface area contributed by atoms with E-state index in [1.807, 2.05) is 0 Å². The third-order valence-corrected chi connectivity index (χ3v) is 2.66. The molecule has 0 amide bonds. The Kier molecular flexibility index (Phi) is 2.67. The second-order valence-corrected chi connectivity index (χ2v) is 3.55. The van der Waals surface area contributed by atoms with Gasteiger partial charge in [-0.3, -0.25) is 0 Å². The molecule has 1 saturated heterocycles. The Morgan fingerprint density at radius 2 is 1.94 bits per heavy atom. The van der Waals surface area contributed by atoms with Gasteiger partial charge >= 0.3 is 5.97 Å². The van der Waals surface area contributed by atoms with Gasteiger partial charge in [0.05, 0.1) is 0 Å². The number of hydrogen-bond acceptors (Lipinski definition) is 5. The summed E-state index contributed by atoms with van der Waals surface area (Å²) < 4.78 is 10.0. The number of rotatable bonds is 2. The molecule has 1 aliphatic rings. The lowest BCUT2D eigenvalue weighted by Crippen LogP contribution is -2.42. The van der Waals surface area contributed by atoms with Crippen LogP contribution in [0.25, 0.3) is 0 Å². The van der Waals surface area contributed by atoms with Gasteiger partial charge in [0.15, 0.2) is 12.2 Å². The highest BCUT2D eigenvalue weighted by Gasteiger charge is 2.56. The second-order valence-electron chi connectivity index (χ2n) is 3.55. The minimum Gasteiger partial charge on any atom is -0.423 e. The van der Waals surface area contributed by atoms with Crippen molar-refractivity contribution in [2.24, 2.45) is 0 Å². The topological polar surface area (TPSA) is 76.0 Å². The van der Waals surface area contributed by atoms with Gasteiger partial charge in [0.2, 0.25) is 0 Å². The van der Waals surface area contributed by atoms with Crippen LogP contribution in [-0.4, -0.2) is 35.5 Å². The van der Waals surface area contributed by atoms with Gasteiger partial charge in [0.25, 0.3) is 5.79 Å². The molecule has 0 bridgehead atoms. The van der Waals surface area contributed by atoms with E-state index in [4.69, 9.17) is 9.47 Å². The molecule has 16 heavy (non-hydrogen) atoms. The van der Waals surface area contributed by atoms with E-state index < -0.39 is 24.0 Å². The molecule has 0 aliphatic carbocycles. The molecule has 1 aromatic carbocycles. The molecule has 0 unspecified atom stereocenters. The molecule has 3 atom stereocenters. The van der Waals surface area contributed by atoms with E-state index >= 15 is 0 Å². The fraction of sp³-hybridized carbons (Fsp3) is 0.364. The van der Waals surface area contributed by atoms with Crippen molar-refractivity contribution in [3.63, 3.8) is 0 Å². The third-order valence-electron chi connectivity index (χ3n) is 2.66. The first-order valence-electron chi connectivity index (χ1n) is 4.81. The first-order valence-corrected chi connectivity index (χ1v) is 4.81. The number of cyclic esters (lactones) is 1. The fourth-order valence-corrected chi connectivity index (χ4v) is 1.79. The fourth-order valence-electron chi connectivity index (χ4n) is 1.79. The van der Waals surface area contributed by atoms with E-state index in [1.165, 1.54) is 7.11 Å². The summed E-state index contributed by atoms with van der Waals surface area (Å²) in [7, 11) is 1.31. The zero-order valence-electron chi connectivity index (χ0n) is 8.66. The lowest BCUT2D eigenvalue weighted by atomic mass is 9.99. The largest absolute Gasteiger partial charge is 0.423 e. The molecule has 5 nitrogen and oxygen atoms in total. The molecule has 0 aromatic heterocycles. The van der Waals surface area contributed by atoms with Crippen LogP contribution in [-0.2, 0) is 20.1 Å². The maximum absolute atomic E-state index is 11.2. The van der Waals surface area contributed by atoms with Gasteiger partial charge in [0.1, 0.15) is 0 Å². The lowest BCUT2D eigenvalue weighted by molar-refractivity contribution is -0.240. The Morgan fingerprint density at radius 1 is 1.31 bits per heavy atom. The Hall–Kier alpha value is -1.43. The number of ether oxygens (including phenoxy) is 2. The van der Waals surface area contributed by atoms with Crippen LogP contribution in [0.3, 0.4) is 0 Å². The average molecular weight is 224 g/mol. The summed E-state index contributed by atoms with van der Waals surface area (Å²) in [5.41, 5.74) is 0.481. The van der Waals surface area contributed by atoms with Gasteiger partial charge in [-0.1, -0.05) is 30.3 Å². The van der Waals surface area contributed by atoms with Crippen molar-refractivity contribution in [3.05, 3.63) is 35.9 Å². The second kappa shape index (κ2) is 3.86. The zero-order valence-corrected chi connectivity index (χ0v) is 8.66. The highest BCUT2D eigenvalue weighted by atomic mass is 16.7. The van der Waals surface area contributed by atoms with Crippen molar-refractivity contribution in [3.8, 4) is 0 Å². The van der Waals surface area contributed by atoms with Crippen LogP contribution in [0.1, 0.15) is 5.56 Å². The van der Waals surface area contributed by atoms with E-state index in [1.54, 1.807) is 30.3 Å². The summed E-state index contributed by atoms with van der Waals surface area (Å²) in [5, 5.41) is 19.2. The van der Waals surface area contributed by atoms with Gasteiger partial charge in [-0.05, 0) is 0 Å². The van der Waals surface area contributed by atoms with Gasteiger partial charge in [-0.2, -0.15) is 0 Å². The Bertz CT molecular complexity index is 391. The standard InChI is InChI=1S/C11H12O5/c1-15-11(7-5-3-2-4-6-7)9(13)8(12)10(14)16-11/h2-6,8-9,12-13H,1H3/t8-,9+,11-/m0/s1. The molecule has 0 spiro atoms. The average Bonchev–Trinajstić information content (AvgIpc) is 2.55. The molecule has 86 valence electrons. The number of methoxy groups -OCH3 is 1. The van der Waals surface area contributed by atoms with Crippen LogP contribution >= 0.6 is 0 Å². The minimum atomic E-state index is -1.61. The number of benzene rings is 1. The normalized spacial score (nSPS) is 33.8. The highest BCUT2D eigenvalue weighted by molar-refractivity contribution is 5.78.